The molecule has 1 aliphatic carbocycles. The minimum atomic E-state index is -0.482. The maximum atomic E-state index is 13.8. The van der Waals surface area contributed by atoms with Crippen LogP contribution in [0.1, 0.15) is 49.1 Å². The first kappa shape index (κ1) is 17.4. The molecule has 0 radical (unpaired) electrons. The van der Waals surface area contributed by atoms with Gasteiger partial charge in [0.2, 0.25) is 0 Å². The molecule has 0 atom stereocenters. The van der Waals surface area contributed by atoms with Crippen LogP contribution in [-0.4, -0.2) is 0 Å². The predicted octanol–water partition coefficient (Wildman–Crippen LogP) is 6.51. The van der Waals surface area contributed by atoms with Gasteiger partial charge in [-0.3, -0.25) is 0 Å². The molecule has 1 nitrogen and oxygen atoms in total. The van der Waals surface area contributed by atoms with Gasteiger partial charge < -0.3 is 0 Å². The van der Waals surface area contributed by atoms with Gasteiger partial charge in [-0.15, -0.1) is 0 Å². The molecule has 0 unspecified atom stereocenters. The molecule has 0 spiro atoms. The minimum absolute atomic E-state index is 0.0692. The van der Waals surface area contributed by atoms with Crippen LogP contribution in [0.2, 0.25) is 0 Å². The summed E-state index contributed by atoms with van der Waals surface area (Å²) in [5, 5.41) is 8.81. The molecule has 25 heavy (non-hydrogen) atoms. The summed E-state index contributed by atoms with van der Waals surface area (Å²) in [6.07, 6.45) is 7.65. The molecule has 0 aromatic heterocycles. The van der Waals surface area contributed by atoms with Gasteiger partial charge in [0.15, 0.2) is 0 Å². The fourth-order valence-corrected chi connectivity index (χ4v) is 3.71. The predicted molar refractivity (Wildman–Crippen MR) is 96.1 cm³/mol. The molecular formula is C22H21F2N. The molecule has 0 saturated heterocycles. The van der Waals surface area contributed by atoms with E-state index in [9.17, 15) is 8.78 Å². The molecule has 0 aliphatic heterocycles. The number of nitriles is 1. The number of hydrogen-bond donors (Lipinski definition) is 0. The molecule has 1 aliphatic rings. The maximum Gasteiger partial charge on any atom is 0.141 e. The van der Waals surface area contributed by atoms with Gasteiger partial charge in [-0.1, -0.05) is 36.4 Å². The Bertz CT molecular complexity index is 779. The second-order valence-electron chi connectivity index (χ2n) is 6.74. The van der Waals surface area contributed by atoms with E-state index >= 15 is 0 Å². The van der Waals surface area contributed by atoms with Gasteiger partial charge in [-0.2, -0.15) is 5.26 Å². The summed E-state index contributed by atoms with van der Waals surface area (Å²) >= 11 is 0. The monoisotopic (exact) mass is 337 g/mol. The average molecular weight is 337 g/mol. The largest absolute Gasteiger partial charge is 0.216 e. The summed E-state index contributed by atoms with van der Waals surface area (Å²) in [5.41, 5.74) is 3.12. The van der Waals surface area contributed by atoms with Crippen molar-refractivity contribution in [2.45, 2.75) is 38.0 Å². The molecule has 128 valence electrons. The molecule has 2 aromatic carbocycles. The first-order valence-corrected chi connectivity index (χ1v) is 8.76. The lowest BCUT2D eigenvalue weighted by Crippen LogP contribution is -2.12. The SMILES string of the molecule is N#Cc1ccc(-c2ccc([C@H]3CC[C@H](C/C=C/F)CC3)cc2)cc1F. The van der Waals surface area contributed by atoms with Gasteiger partial charge in [0.1, 0.15) is 11.9 Å². The lowest BCUT2D eigenvalue weighted by atomic mass is 9.77. The lowest BCUT2D eigenvalue weighted by molar-refractivity contribution is 0.327. The standard InChI is InChI=1S/C22H21F2N/c23-13-1-2-16-3-5-17(6-4-16)18-7-9-19(10-8-18)20-11-12-21(15-25)22(24)14-20/h1,7-14,16-17H,2-6H2/b13-1+/t16-,17-. The summed E-state index contributed by atoms with van der Waals surface area (Å²) in [7, 11) is 0. The van der Waals surface area contributed by atoms with Crippen LogP contribution in [0.25, 0.3) is 11.1 Å². The zero-order valence-electron chi connectivity index (χ0n) is 14.1. The first-order chi connectivity index (χ1) is 12.2. The van der Waals surface area contributed by atoms with E-state index in [-0.39, 0.29) is 5.56 Å². The number of benzene rings is 2. The molecule has 1 fully saturated rings. The van der Waals surface area contributed by atoms with E-state index < -0.39 is 5.82 Å². The van der Waals surface area contributed by atoms with Crippen molar-refractivity contribution >= 4 is 0 Å². The third kappa shape index (κ3) is 4.14. The summed E-state index contributed by atoms with van der Waals surface area (Å²) in [6, 6.07) is 14.8. The van der Waals surface area contributed by atoms with Crippen LogP contribution < -0.4 is 0 Å². The van der Waals surface area contributed by atoms with E-state index in [2.05, 4.69) is 12.1 Å². The van der Waals surface area contributed by atoms with Gasteiger partial charge in [-0.05, 0) is 72.8 Å². The smallest absolute Gasteiger partial charge is 0.141 e. The van der Waals surface area contributed by atoms with Crippen molar-refractivity contribution in [3.8, 4) is 17.2 Å². The highest BCUT2D eigenvalue weighted by atomic mass is 19.1. The van der Waals surface area contributed by atoms with E-state index in [1.165, 1.54) is 17.7 Å². The fraction of sp³-hybridized carbons (Fsp3) is 0.318. The Morgan fingerprint density at radius 3 is 2.28 bits per heavy atom. The highest BCUT2D eigenvalue weighted by molar-refractivity contribution is 5.64. The van der Waals surface area contributed by atoms with Gasteiger partial charge in [0.05, 0.1) is 11.9 Å². The molecule has 1 saturated carbocycles. The Labute approximate surface area is 147 Å². The van der Waals surface area contributed by atoms with Crippen LogP contribution >= 0.6 is 0 Å². The number of hydrogen-bond acceptors (Lipinski definition) is 1. The highest BCUT2D eigenvalue weighted by Gasteiger charge is 2.21. The van der Waals surface area contributed by atoms with Gasteiger partial charge >= 0.3 is 0 Å². The number of halogens is 2. The van der Waals surface area contributed by atoms with Crippen molar-refractivity contribution in [1.29, 1.82) is 5.26 Å². The lowest BCUT2D eigenvalue weighted by Gasteiger charge is -2.28. The van der Waals surface area contributed by atoms with E-state index in [1.54, 1.807) is 12.1 Å². The fourth-order valence-electron chi connectivity index (χ4n) is 3.71. The van der Waals surface area contributed by atoms with Gasteiger partial charge in [0.25, 0.3) is 0 Å². The van der Waals surface area contributed by atoms with E-state index in [4.69, 9.17) is 5.26 Å². The Balaban J connectivity index is 1.67. The van der Waals surface area contributed by atoms with Gasteiger partial charge in [-0.25, -0.2) is 8.78 Å². The molecule has 0 bridgehead atoms. The number of nitrogens with zero attached hydrogens (tertiary/aromatic N) is 1. The first-order valence-electron chi connectivity index (χ1n) is 8.76. The second kappa shape index (κ2) is 8.07. The zero-order valence-corrected chi connectivity index (χ0v) is 14.1. The summed E-state index contributed by atoms with van der Waals surface area (Å²) in [5.74, 6) is 0.672. The number of rotatable bonds is 4. The van der Waals surface area contributed by atoms with Gasteiger partial charge in [0, 0.05) is 0 Å². The molecule has 0 heterocycles. The highest BCUT2D eigenvalue weighted by Crippen LogP contribution is 2.37. The molecule has 3 rings (SSSR count). The van der Waals surface area contributed by atoms with Crippen LogP contribution in [0, 0.1) is 23.1 Å². The minimum Gasteiger partial charge on any atom is -0.216 e. The molecule has 3 heteroatoms. The molecule has 2 aromatic rings. The topological polar surface area (TPSA) is 23.8 Å². The third-order valence-electron chi connectivity index (χ3n) is 5.21. The molecular weight excluding hydrogens is 316 g/mol. The maximum absolute atomic E-state index is 13.8. The second-order valence-corrected chi connectivity index (χ2v) is 6.74. The average Bonchev–Trinajstić information content (AvgIpc) is 2.67. The van der Waals surface area contributed by atoms with Crippen molar-refractivity contribution in [3.05, 3.63) is 71.8 Å². The van der Waals surface area contributed by atoms with Crippen LogP contribution in [0.4, 0.5) is 8.78 Å². The molecule has 0 amide bonds. The Hall–Kier alpha value is -2.47. The Kier molecular flexibility index (Phi) is 5.60. The normalized spacial score (nSPS) is 20.5. The van der Waals surface area contributed by atoms with Crippen molar-refractivity contribution in [1.82, 2.24) is 0 Å². The van der Waals surface area contributed by atoms with E-state index in [0.717, 1.165) is 43.2 Å². The van der Waals surface area contributed by atoms with Crippen molar-refractivity contribution in [3.63, 3.8) is 0 Å². The Morgan fingerprint density at radius 1 is 1.00 bits per heavy atom. The van der Waals surface area contributed by atoms with Crippen LogP contribution in [0.3, 0.4) is 0 Å². The Morgan fingerprint density at radius 2 is 1.68 bits per heavy atom. The van der Waals surface area contributed by atoms with E-state index in [0.29, 0.717) is 18.2 Å². The van der Waals surface area contributed by atoms with Crippen molar-refractivity contribution in [2.24, 2.45) is 5.92 Å². The summed E-state index contributed by atoms with van der Waals surface area (Å²) in [6.45, 7) is 0. The summed E-state index contributed by atoms with van der Waals surface area (Å²) < 4.78 is 25.9. The summed E-state index contributed by atoms with van der Waals surface area (Å²) in [4.78, 5) is 0. The third-order valence-corrected chi connectivity index (χ3v) is 5.21. The van der Waals surface area contributed by atoms with E-state index in [1.807, 2.05) is 18.2 Å². The number of allylic oxidation sites excluding steroid dienone is 1. The van der Waals surface area contributed by atoms with Crippen molar-refractivity contribution < 1.29 is 8.78 Å². The quantitative estimate of drug-likeness (QED) is 0.623. The van der Waals surface area contributed by atoms with Crippen LogP contribution in [0.5, 0.6) is 0 Å². The molecule has 0 N–H and O–H groups in total. The van der Waals surface area contributed by atoms with Crippen molar-refractivity contribution in [2.75, 3.05) is 0 Å². The van der Waals surface area contributed by atoms with Crippen LogP contribution in [-0.2, 0) is 0 Å². The zero-order chi connectivity index (χ0) is 17.6. The van der Waals surface area contributed by atoms with Crippen LogP contribution in [0.15, 0.2) is 54.9 Å².